The van der Waals surface area contributed by atoms with Crippen molar-refractivity contribution in [2.75, 3.05) is 5.32 Å². The number of nitrogens with zero attached hydrogens (tertiary/aromatic N) is 3. The van der Waals surface area contributed by atoms with Crippen LogP contribution in [0.2, 0.25) is 0 Å². The van der Waals surface area contributed by atoms with E-state index in [0.29, 0.717) is 16.7 Å². The molecule has 33 heavy (non-hydrogen) atoms. The van der Waals surface area contributed by atoms with Crippen LogP contribution in [-0.2, 0) is 14.1 Å². The van der Waals surface area contributed by atoms with Gasteiger partial charge in [0.05, 0.1) is 39.9 Å². The SMILES string of the molecule is Cc1ccc(-c2c3c(=O)n(C)c(=O)n(C)c3c3n2-c2ccccc2N[C@H]3c2ccco2)cc1. The predicted octanol–water partition coefficient (Wildman–Crippen LogP) is 4.11. The third-order valence-electron chi connectivity index (χ3n) is 6.48. The van der Waals surface area contributed by atoms with E-state index in [2.05, 4.69) is 9.88 Å². The maximum absolute atomic E-state index is 13.6. The molecule has 4 heterocycles. The van der Waals surface area contributed by atoms with Gasteiger partial charge >= 0.3 is 5.69 Å². The Morgan fingerprint density at radius 1 is 0.909 bits per heavy atom. The topological polar surface area (TPSA) is 74.1 Å². The number of furan rings is 1. The molecule has 2 aromatic carbocycles. The van der Waals surface area contributed by atoms with E-state index in [0.717, 1.165) is 33.9 Å². The summed E-state index contributed by atoms with van der Waals surface area (Å²) in [5.74, 6) is 0.703. The third kappa shape index (κ3) is 2.62. The highest BCUT2D eigenvalue weighted by Gasteiger charge is 2.35. The van der Waals surface area contributed by atoms with E-state index >= 15 is 0 Å². The van der Waals surface area contributed by atoms with Gasteiger partial charge in [-0.1, -0.05) is 42.0 Å². The van der Waals surface area contributed by atoms with Crippen molar-refractivity contribution >= 4 is 16.6 Å². The lowest BCUT2D eigenvalue weighted by Gasteiger charge is -2.29. The predicted molar refractivity (Wildman–Crippen MR) is 128 cm³/mol. The summed E-state index contributed by atoms with van der Waals surface area (Å²) in [7, 11) is 3.24. The van der Waals surface area contributed by atoms with Crippen molar-refractivity contribution in [1.82, 2.24) is 13.7 Å². The number of rotatable bonds is 2. The molecule has 0 aliphatic carbocycles. The maximum atomic E-state index is 13.6. The normalized spacial score (nSPS) is 14.7. The molecular formula is C26H22N4O3. The van der Waals surface area contributed by atoms with E-state index in [9.17, 15) is 9.59 Å². The fraction of sp³-hybridized carbons (Fsp3) is 0.154. The average molecular weight is 438 g/mol. The summed E-state index contributed by atoms with van der Waals surface area (Å²) >= 11 is 0. The summed E-state index contributed by atoms with van der Waals surface area (Å²) in [5.41, 5.74) is 5.34. The van der Waals surface area contributed by atoms with Gasteiger partial charge in [-0.15, -0.1) is 0 Å². The maximum Gasteiger partial charge on any atom is 0.331 e. The van der Waals surface area contributed by atoms with Crippen molar-refractivity contribution in [2.45, 2.75) is 13.0 Å². The molecule has 1 N–H and O–H groups in total. The fourth-order valence-corrected chi connectivity index (χ4v) is 4.87. The molecule has 5 aromatic rings. The number of fused-ring (bicyclic) bond motifs is 5. The van der Waals surface area contributed by atoms with Gasteiger partial charge in [0.1, 0.15) is 11.8 Å². The van der Waals surface area contributed by atoms with Crippen LogP contribution in [0.4, 0.5) is 5.69 Å². The Hall–Kier alpha value is -4.26. The van der Waals surface area contributed by atoms with Crippen LogP contribution in [0.1, 0.15) is 23.1 Å². The van der Waals surface area contributed by atoms with Crippen LogP contribution in [0, 0.1) is 6.92 Å². The highest BCUT2D eigenvalue weighted by Crippen LogP contribution is 2.45. The smallest absolute Gasteiger partial charge is 0.331 e. The molecule has 1 aliphatic rings. The van der Waals surface area contributed by atoms with E-state index in [1.54, 1.807) is 17.9 Å². The minimum Gasteiger partial charge on any atom is -0.467 e. The van der Waals surface area contributed by atoms with Crippen molar-refractivity contribution in [1.29, 1.82) is 0 Å². The lowest BCUT2D eigenvalue weighted by Crippen LogP contribution is -2.37. The van der Waals surface area contributed by atoms with E-state index in [-0.39, 0.29) is 17.3 Å². The molecule has 0 bridgehead atoms. The van der Waals surface area contributed by atoms with Crippen LogP contribution in [-0.4, -0.2) is 13.7 Å². The zero-order chi connectivity index (χ0) is 22.9. The van der Waals surface area contributed by atoms with Crippen molar-refractivity contribution in [3.63, 3.8) is 0 Å². The zero-order valence-electron chi connectivity index (χ0n) is 18.5. The Balaban J connectivity index is 1.88. The van der Waals surface area contributed by atoms with E-state index in [1.807, 2.05) is 67.6 Å². The quantitative estimate of drug-likeness (QED) is 0.450. The molecule has 6 rings (SSSR count). The summed E-state index contributed by atoms with van der Waals surface area (Å²) < 4.78 is 10.6. The third-order valence-corrected chi connectivity index (χ3v) is 6.48. The molecule has 1 aliphatic heterocycles. The average Bonchev–Trinajstić information content (AvgIpc) is 3.48. The van der Waals surface area contributed by atoms with Crippen molar-refractivity contribution in [3.8, 4) is 16.9 Å². The Bertz CT molecular complexity index is 1650. The largest absolute Gasteiger partial charge is 0.467 e. The molecule has 0 radical (unpaired) electrons. The van der Waals surface area contributed by atoms with Gasteiger partial charge in [-0.05, 0) is 36.8 Å². The van der Waals surface area contributed by atoms with Crippen LogP contribution >= 0.6 is 0 Å². The van der Waals surface area contributed by atoms with Crippen molar-refractivity contribution in [2.24, 2.45) is 14.1 Å². The highest BCUT2D eigenvalue weighted by atomic mass is 16.3. The first-order chi connectivity index (χ1) is 16.0. The number of aryl methyl sites for hydroxylation is 2. The van der Waals surface area contributed by atoms with Gasteiger partial charge in [0, 0.05) is 14.1 Å². The Kier molecular flexibility index (Phi) is 4.04. The minimum atomic E-state index is -0.380. The van der Waals surface area contributed by atoms with Crippen molar-refractivity contribution < 1.29 is 4.42 Å². The lowest BCUT2D eigenvalue weighted by atomic mass is 10.1. The number of anilines is 1. The number of para-hydroxylation sites is 2. The first-order valence-corrected chi connectivity index (χ1v) is 10.8. The summed E-state index contributed by atoms with van der Waals surface area (Å²) in [6.45, 7) is 2.03. The second-order valence-electron chi connectivity index (χ2n) is 8.47. The molecular weight excluding hydrogens is 416 g/mol. The molecule has 164 valence electrons. The van der Waals surface area contributed by atoms with Crippen LogP contribution in [0.5, 0.6) is 0 Å². The first-order valence-electron chi connectivity index (χ1n) is 10.8. The molecule has 0 fully saturated rings. The molecule has 1 atom stereocenters. The van der Waals surface area contributed by atoms with E-state index < -0.39 is 0 Å². The minimum absolute atomic E-state index is 0.318. The second-order valence-corrected chi connectivity index (χ2v) is 8.47. The Morgan fingerprint density at radius 3 is 2.39 bits per heavy atom. The van der Waals surface area contributed by atoms with E-state index in [1.165, 1.54) is 11.6 Å². The summed E-state index contributed by atoms with van der Waals surface area (Å²) in [6, 6.07) is 19.4. The molecule has 0 unspecified atom stereocenters. The van der Waals surface area contributed by atoms with Crippen LogP contribution in [0.25, 0.3) is 27.8 Å². The van der Waals surface area contributed by atoms with Gasteiger partial charge < -0.3 is 14.3 Å². The molecule has 7 heteroatoms. The number of hydrogen-bond donors (Lipinski definition) is 1. The number of hydrogen-bond acceptors (Lipinski definition) is 4. The zero-order valence-corrected chi connectivity index (χ0v) is 18.5. The highest BCUT2D eigenvalue weighted by molar-refractivity contribution is 5.99. The molecule has 0 spiro atoms. The van der Waals surface area contributed by atoms with Gasteiger partial charge in [-0.3, -0.25) is 13.9 Å². The number of nitrogens with one attached hydrogen (secondary N) is 1. The summed E-state index contributed by atoms with van der Waals surface area (Å²) in [6.07, 6.45) is 1.63. The second kappa shape index (κ2) is 6.87. The van der Waals surface area contributed by atoms with Gasteiger partial charge in [-0.2, -0.15) is 0 Å². The van der Waals surface area contributed by atoms with Gasteiger partial charge in [-0.25, -0.2) is 4.79 Å². The van der Waals surface area contributed by atoms with Gasteiger partial charge in [0.2, 0.25) is 0 Å². The number of aromatic nitrogens is 3. The molecule has 3 aromatic heterocycles. The molecule has 7 nitrogen and oxygen atoms in total. The van der Waals surface area contributed by atoms with Crippen LogP contribution in [0.15, 0.2) is 80.9 Å². The Morgan fingerprint density at radius 2 is 1.67 bits per heavy atom. The first kappa shape index (κ1) is 19.4. The fourth-order valence-electron chi connectivity index (χ4n) is 4.87. The molecule has 0 amide bonds. The van der Waals surface area contributed by atoms with Crippen molar-refractivity contribution in [3.05, 3.63) is 105 Å². The monoisotopic (exact) mass is 438 g/mol. The van der Waals surface area contributed by atoms with Crippen LogP contribution in [0.3, 0.4) is 0 Å². The number of benzene rings is 2. The van der Waals surface area contributed by atoms with Gasteiger partial charge in [0.25, 0.3) is 5.56 Å². The van der Waals surface area contributed by atoms with Crippen LogP contribution < -0.4 is 16.6 Å². The molecule has 0 saturated heterocycles. The van der Waals surface area contributed by atoms with E-state index in [4.69, 9.17) is 4.42 Å². The van der Waals surface area contributed by atoms with Gasteiger partial charge in [0.15, 0.2) is 0 Å². The lowest BCUT2D eigenvalue weighted by molar-refractivity contribution is 0.492. The summed E-state index contributed by atoms with van der Waals surface area (Å²) in [4.78, 5) is 26.6. The molecule has 0 saturated carbocycles. The summed E-state index contributed by atoms with van der Waals surface area (Å²) in [5, 5.41) is 4.07. The Labute approximate surface area is 189 Å². The standard InChI is InChI=1S/C26H22N4O3/c1-15-10-12-16(13-11-15)22-20-23(28(2)26(32)29(3)25(20)31)24-21(19-9-6-14-33-19)27-17-7-4-5-8-18(17)30(22)24/h4-14,21,27H,1-3H3/t21-/m0/s1.